The molecule has 0 radical (unpaired) electrons. The SMILES string of the molecule is Cc1c(NC(=O)C(C)(C)N(C=O)CCCOc2ccc(-c3ccncc3)cc2F)ccc(C#N)c1F. The van der Waals surface area contributed by atoms with E-state index >= 15 is 0 Å². The molecule has 1 heterocycles. The molecule has 0 aliphatic heterocycles. The van der Waals surface area contributed by atoms with E-state index in [-0.39, 0.29) is 35.7 Å². The highest BCUT2D eigenvalue weighted by Gasteiger charge is 2.34. The number of aromatic nitrogens is 1. The Bertz CT molecular complexity index is 1290. The molecule has 0 saturated heterocycles. The number of nitrogens with zero attached hydrogens (tertiary/aromatic N) is 3. The van der Waals surface area contributed by atoms with E-state index in [1.807, 2.05) is 0 Å². The van der Waals surface area contributed by atoms with Crippen molar-refractivity contribution in [3.05, 3.63) is 77.6 Å². The van der Waals surface area contributed by atoms with Gasteiger partial charge in [-0.15, -0.1) is 0 Å². The van der Waals surface area contributed by atoms with Crippen molar-refractivity contribution >= 4 is 18.0 Å². The second kappa shape index (κ2) is 11.4. The van der Waals surface area contributed by atoms with E-state index in [0.717, 1.165) is 5.56 Å². The molecule has 1 N–H and O–H groups in total. The Hall–Kier alpha value is -4.32. The predicted molar refractivity (Wildman–Crippen MR) is 131 cm³/mol. The molecule has 9 heteroatoms. The second-order valence-corrected chi connectivity index (χ2v) is 8.61. The van der Waals surface area contributed by atoms with Crippen molar-refractivity contribution in [1.29, 1.82) is 5.26 Å². The molecule has 2 amide bonds. The summed E-state index contributed by atoms with van der Waals surface area (Å²) < 4.78 is 34.3. The smallest absolute Gasteiger partial charge is 0.249 e. The van der Waals surface area contributed by atoms with Gasteiger partial charge in [-0.3, -0.25) is 14.6 Å². The van der Waals surface area contributed by atoms with Crippen LogP contribution in [0.15, 0.2) is 54.9 Å². The van der Waals surface area contributed by atoms with Crippen molar-refractivity contribution in [1.82, 2.24) is 9.88 Å². The van der Waals surface area contributed by atoms with Gasteiger partial charge >= 0.3 is 0 Å². The van der Waals surface area contributed by atoms with E-state index < -0.39 is 23.1 Å². The molecule has 0 aliphatic rings. The molecule has 0 saturated carbocycles. The number of carbonyl (C=O) groups is 2. The van der Waals surface area contributed by atoms with Gasteiger partial charge in [0.2, 0.25) is 12.3 Å². The second-order valence-electron chi connectivity index (χ2n) is 8.61. The van der Waals surface area contributed by atoms with Gasteiger partial charge in [-0.2, -0.15) is 5.26 Å². The minimum atomic E-state index is -1.27. The summed E-state index contributed by atoms with van der Waals surface area (Å²) in [5.41, 5.74) is 0.472. The third-order valence-electron chi connectivity index (χ3n) is 5.90. The lowest BCUT2D eigenvalue weighted by atomic mass is 10.0. The molecule has 36 heavy (non-hydrogen) atoms. The molecule has 7 nitrogen and oxygen atoms in total. The maximum Gasteiger partial charge on any atom is 0.249 e. The first kappa shape index (κ1) is 26.3. The Balaban J connectivity index is 1.58. The van der Waals surface area contributed by atoms with E-state index in [2.05, 4.69) is 10.3 Å². The fraction of sp³-hybridized carbons (Fsp3) is 0.259. The van der Waals surface area contributed by atoms with Crippen LogP contribution in [0, 0.1) is 29.9 Å². The van der Waals surface area contributed by atoms with E-state index in [1.165, 1.54) is 30.0 Å². The van der Waals surface area contributed by atoms with Crippen LogP contribution in [0.1, 0.15) is 31.4 Å². The van der Waals surface area contributed by atoms with Crippen LogP contribution in [-0.4, -0.2) is 40.9 Å². The van der Waals surface area contributed by atoms with Crippen molar-refractivity contribution in [2.45, 2.75) is 32.7 Å². The number of benzene rings is 2. The van der Waals surface area contributed by atoms with E-state index in [9.17, 15) is 18.4 Å². The minimum absolute atomic E-state index is 0.0841. The number of nitriles is 1. The first-order chi connectivity index (χ1) is 17.2. The zero-order valence-corrected chi connectivity index (χ0v) is 20.2. The monoisotopic (exact) mass is 492 g/mol. The maximum atomic E-state index is 14.5. The summed E-state index contributed by atoms with van der Waals surface area (Å²) >= 11 is 0. The van der Waals surface area contributed by atoms with Gasteiger partial charge in [0.1, 0.15) is 17.4 Å². The highest BCUT2D eigenvalue weighted by molar-refractivity contribution is 5.99. The van der Waals surface area contributed by atoms with Crippen molar-refractivity contribution in [2.24, 2.45) is 0 Å². The predicted octanol–water partition coefficient (Wildman–Crippen LogP) is 4.85. The van der Waals surface area contributed by atoms with E-state index in [4.69, 9.17) is 10.00 Å². The molecule has 2 aromatic carbocycles. The van der Waals surface area contributed by atoms with Gasteiger partial charge in [-0.05, 0) is 74.7 Å². The van der Waals surface area contributed by atoms with Gasteiger partial charge in [-0.25, -0.2) is 8.78 Å². The average molecular weight is 493 g/mol. The molecule has 186 valence electrons. The third-order valence-corrected chi connectivity index (χ3v) is 5.90. The summed E-state index contributed by atoms with van der Waals surface area (Å²) in [6.45, 7) is 4.86. The van der Waals surface area contributed by atoms with Gasteiger partial charge in [0.15, 0.2) is 11.6 Å². The first-order valence-corrected chi connectivity index (χ1v) is 11.2. The largest absolute Gasteiger partial charge is 0.490 e. The number of hydrogen-bond acceptors (Lipinski definition) is 5. The van der Waals surface area contributed by atoms with Crippen LogP contribution >= 0.6 is 0 Å². The Morgan fingerprint density at radius 3 is 2.53 bits per heavy atom. The van der Waals surface area contributed by atoms with Crippen LogP contribution in [0.4, 0.5) is 14.5 Å². The molecular formula is C27H26F2N4O3. The highest BCUT2D eigenvalue weighted by atomic mass is 19.1. The molecule has 0 bridgehead atoms. The summed E-state index contributed by atoms with van der Waals surface area (Å²) in [6.07, 6.45) is 4.14. The summed E-state index contributed by atoms with van der Waals surface area (Å²) in [7, 11) is 0. The van der Waals surface area contributed by atoms with Crippen LogP contribution in [0.2, 0.25) is 0 Å². The number of hydrogen-bond donors (Lipinski definition) is 1. The van der Waals surface area contributed by atoms with Gasteiger partial charge < -0.3 is 15.0 Å². The quantitative estimate of drug-likeness (QED) is 0.322. The van der Waals surface area contributed by atoms with Crippen LogP contribution in [0.25, 0.3) is 11.1 Å². The lowest BCUT2D eigenvalue weighted by molar-refractivity contribution is -0.135. The topological polar surface area (TPSA) is 95.3 Å². The number of carbonyl (C=O) groups excluding carboxylic acids is 2. The van der Waals surface area contributed by atoms with Crippen LogP contribution in [-0.2, 0) is 9.59 Å². The fourth-order valence-corrected chi connectivity index (χ4v) is 3.54. The van der Waals surface area contributed by atoms with Crippen LogP contribution in [0.3, 0.4) is 0 Å². The minimum Gasteiger partial charge on any atom is -0.490 e. The molecule has 3 aromatic rings. The number of ether oxygens (including phenoxy) is 1. The Kier molecular flexibility index (Phi) is 8.33. The maximum absolute atomic E-state index is 14.5. The number of pyridine rings is 1. The van der Waals surface area contributed by atoms with Crippen molar-refractivity contribution in [3.63, 3.8) is 0 Å². The highest BCUT2D eigenvalue weighted by Crippen LogP contribution is 2.26. The van der Waals surface area contributed by atoms with Gasteiger partial charge in [0.25, 0.3) is 0 Å². The lowest BCUT2D eigenvalue weighted by Gasteiger charge is -2.34. The molecular weight excluding hydrogens is 466 g/mol. The van der Waals surface area contributed by atoms with E-state index in [0.29, 0.717) is 18.4 Å². The average Bonchev–Trinajstić information content (AvgIpc) is 2.88. The van der Waals surface area contributed by atoms with Gasteiger partial charge in [0.05, 0.1) is 12.2 Å². The lowest BCUT2D eigenvalue weighted by Crippen LogP contribution is -2.52. The zero-order chi connectivity index (χ0) is 26.3. The summed E-state index contributed by atoms with van der Waals surface area (Å²) in [4.78, 5) is 29.9. The van der Waals surface area contributed by atoms with Crippen LogP contribution < -0.4 is 10.1 Å². The van der Waals surface area contributed by atoms with Crippen molar-refractivity contribution in [2.75, 3.05) is 18.5 Å². The van der Waals surface area contributed by atoms with Crippen molar-refractivity contribution < 1.29 is 23.1 Å². The fourth-order valence-electron chi connectivity index (χ4n) is 3.54. The number of halogens is 2. The van der Waals surface area contributed by atoms with Gasteiger partial charge in [0, 0.05) is 30.2 Å². The summed E-state index contributed by atoms with van der Waals surface area (Å²) in [6, 6.07) is 12.7. The molecule has 3 rings (SSSR count). The molecule has 0 atom stereocenters. The molecule has 0 fully saturated rings. The number of anilines is 1. The van der Waals surface area contributed by atoms with Gasteiger partial charge in [-0.1, -0.05) is 6.07 Å². The van der Waals surface area contributed by atoms with Crippen LogP contribution in [0.5, 0.6) is 5.75 Å². The number of nitrogens with one attached hydrogen (secondary N) is 1. The standard InChI is InChI=1S/C27H26F2N4O3/c1-18-23(7-5-21(16-30)25(18)29)32-26(35)27(2,3)33(17-34)13-4-14-36-24-8-6-20(15-22(24)28)19-9-11-31-12-10-19/h5-12,15,17H,4,13-14H2,1-3H3,(H,32,35). The summed E-state index contributed by atoms with van der Waals surface area (Å²) in [5.74, 6) is -1.67. The summed E-state index contributed by atoms with van der Waals surface area (Å²) in [5, 5.41) is 11.6. The van der Waals surface area contributed by atoms with E-state index in [1.54, 1.807) is 56.6 Å². The molecule has 0 unspecified atom stereocenters. The molecule has 0 aliphatic carbocycles. The Morgan fingerprint density at radius 2 is 1.89 bits per heavy atom. The third kappa shape index (κ3) is 5.84. The Labute approximate surface area is 208 Å². The molecule has 0 spiro atoms. The number of amides is 2. The molecule has 1 aromatic heterocycles. The first-order valence-electron chi connectivity index (χ1n) is 11.2. The van der Waals surface area contributed by atoms with Crippen molar-refractivity contribution in [3.8, 4) is 22.9 Å². The number of rotatable bonds is 10. The zero-order valence-electron chi connectivity index (χ0n) is 20.2. The normalized spacial score (nSPS) is 10.9. The Morgan fingerprint density at radius 1 is 1.17 bits per heavy atom.